The zero-order chi connectivity index (χ0) is 11.1. The van der Waals surface area contributed by atoms with Gasteiger partial charge in [0.15, 0.2) is 0 Å². The fraction of sp³-hybridized carbons (Fsp3) is 0.417. The van der Waals surface area contributed by atoms with Crippen LogP contribution in [0.2, 0.25) is 0 Å². The highest BCUT2D eigenvalue weighted by molar-refractivity contribution is 8.00. The van der Waals surface area contributed by atoms with Crippen molar-refractivity contribution in [2.24, 2.45) is 0 Å². The van der Waals surface area contributed by atoms with Crippen LogP contribution in [0.25, 0.3) is 0 Å². The van der Waals surface area contributed by atoms with Gasteiger partial charge in [0.05, 0.1) is 5.37 Å². The van der Waals surface area contributed by atoms with Crippen molar-refractivity contribution in [3.05, 3.63) is 35.9 Å². The van der Waals surface area contributed by atoms with E-state index >= 15 is 0 Å². The van der Waals surface area contributed by atoms with Crippen molar-refractivity contribution in [1.29, 1.82) is 0 Å². The molecule has 0 aliphatic rings. The number of carbonyl (C=O) groups is 1. The van der Waals surface area contributed by atoms with Gasteiger partial charge in [-0.05, 0) is 5.56 Å². The van der Waals surface area contributed by atoms with E-state index in [1.54, 1.807) is 11.8 Å². The molecule has 0 aromatic heterocycles. The minimum Gasteiger partial charge on any atom is -0.347 e. The molecule has 0 aliphatic carbocycles. The molecular weight excluding hydrogens is 206 g/mol. The fourth-order valence-electron chi connectivity index (χ4n) is 1.38. The van der Waals surface area contributed by atoms with Crippen LogP contribution >= 0.6 is 11.8 Å². The topological polar surface area (TPSA) is 29.1 Å². The zero-order valence-electron chi connectivity index (χ0n) is 9.14. The van der Waals surface area contributed by atoms with Gasteiger partial charge >= 0.3 is 0 Å². The van der Waals surface area contributed by atoms with Crippen molar-refractivity contribution in [2.45, 2.75) is 30.9 Å². The van der Waals surface area contributed by atoms with Crippen LogP contribution in [0.3, 0.4) is 0 Å². The average molecular weight is 223 g/mol. The lowest BCUT2D eigenvalue weighted by Gasteiger charge is -2.17. The summed E-state index contributed by atoms with van der Waals surface area (Å²) in [7, 11) is 0. The van der Waals surface area contributed by atoms with E-state index in [-0.39, 0.29) is 5.37 Å². The number of hydrogen-bond donors (Lipinski definition) is 1. The maximum Gasteiger partial charge on any atom is 0.207 e. The highest BCUT2D eigenvalue weighted by Gasteiger charge is 2.10. The quantitative estimate of drug-likeness (QED) is 0.593. The maximum atomic E-state index is 10.5. The van der Waals surface area contributed by atoms with E-state index in [1.165, 1.54) is 5.56 Å². The predicted octanol–water partition coefficient (Wildman–Crippen LogP) is 2.44. The Labute approximate surface area is 95.5 Å². The summed E-state index contributed by atoms with van der Waals surface area (Å²) in [5.74, 6) is 0. The van der Waals surface area contributed by atoms with Crippen LogP contribution in [-0.4, -0.2) is 17.0 Å². The van der Waals surface area contributed by atoms with E-state index < -0.39 is 0 Å². The highest BCUT2D eigenvalue weighted by atomic mass is 32.2. The second-order valence-electron chi connectivity index (χ2n) is 3.65. The highest BCUT2D eigenvalue weighted by Crippen LogP contribution is 2.18. The van der Waals surface area contributed by atoms with E-state index in [0.717, 1.165) is 12.8 Å². The Balaban J connectivity index is 2.54. The van der Waals surface area contributed by atoms with Crippen LogP contribution in [0.4, 0.5) is 0 Å². The maximum absolute atomic E-state index is 10.5. The second-order valence-corrected chi connectivity index (χ2v) is 5.43. The first-order chi connectivity index (χ1) is 7.22. The van der Waals surface area contributed by atoms with Gasteiger partial charge < -0.3 is 5.32 Å². The van der Waals surface area contributed by atoms with E-state index in [0.29, 0.717) is 5.25 Å². The molecular formula is C12H17NOS. The molecule has 0 aliphatic heterocycles. The number of thioether (sulfide) groups is 1. The minimum absolute atomic E-state index is 0.171. The minimum atomic E-state index is 0.171. The number of carbonyl (C=O) groups excluding carboxylic acids is 1. The van der Waals surface area contributed by atoms with E-state index in [9.17, 15) is 4.79 Å². The van der Waals surface area contributed by atoms with Crippen LogP contribution in [0.1, 0.15) is 19.4 Å². The predicted molar refractivity (Wildman–Crippen MR) is 65.9 cm³/mol. The molecule has 3 heteroatoms. The van der Waals surface area contributed by atoms with Gasteiger partial charge in [0, 0.05) is 11.7 Å². The molecule has 1 unspecified atom stereocenters. The monoisotopic (exact) mass is 223 g/mol. The smallest absolute Gasteiger partial charge is 0.207 e. The molecule has 1 aromatic carbocycles. The van der Waals surface area contributed by atoms with Gasteiger partial charge in [0.1, 0.15) is 0 Å². The molecule has 0 heterocycles. The Morgan fingerprint density at radius 2 is 2.00 bits per heavy atom. The third-order valence-electron chi connectivity index (χ3n) is 1.95. The van der Waals surface area contributed by atoms with E-state index in [1.807, 2.05) is 18.2 Å². The Kier molecular flexibility index (Phi) is 5.26. The Bertz CT molecular complexity index is 287. The first kappa shape index (κ1) is 12.1. The van der Waals surface area contributed by atoms with Gasteiger partial charge in [0.2, 0.25) is 6.41 Å². The summed E-state index contributed by atoms with van der Waals surface area (Å²) < 4.78 is 0. The number of benzene rings is 1. The standard InChI is InChI=1S/C12H17NOS/c1-10(2)15-12(13-9-14)8-11-6-4-3-5-7-11/h3-7,9-10,12H,8H2,1-2H3,(H,13,14). The number of amides is 1. The Morgan fingerprint density at radius 1 is 1.33 bits per heavy atom. The lowest BCUT2D eigenvalue weighted by Crippen LogP contribution is -2.28. The Morgan fingerprint density at radius 3 is 2.53 bits per heavy atom. The van der Waals surface area contributed by atoms with E-state index in [2.05, 4.69) is 31.3 Å². The lowest BCUT2D eigenvalue weighted by molar-refractivity contribution is -0.109. The molecule has 0 fully saturated rings. The normalized spacial score (nSPS) is 12.5. The molecule has 1 amide bonds. The van der Waals surface area contributed by atoms with E-state index in [4.69, 9.17) is 0 Å². The zero-order valence-corrected chi connectivity index (χ0v) is 9.96. The third-order valence-corrected chi connectivity index (χ3v) is 3.13. The van der Waals surface area contributed by atoms with Crippen LogP contribution in [0.5, 0.6) is 0 Å². The SMILES string of the molecule is CC(C)SC(Cc1ccccc1)NC=O. The molecule has 82 valence electrons. The van der Waals surface area contributed by atoms with Crippen LogP contribution < -0.4 is 5.32 Å². The second kappa shape index (κ2) is 6.51. The summed E-state index contributed by atoms with van der Waals surface area (Å²) in [6, 6.07) is 10.2. The fourth-order valence-corrected chi connectivity index (χ4v) is 2.46. The van der Waals surface area contributed by atoms with Crippen molar-refractivity contribution >= 4 is 18.2 Å². The summed E-state index contributed by atoms with van der Waals surface area (Å²) in [5, 5.41) is 3.54. The Hall–Kier alpha value is -0.960. The summed E-state index contributed by atoms with van der Waals surface area (Å²) in [6.45, 7) is 4.27. The van der Waals surface area contributed by atoms with Crippen LogP contribution in [-0.2, 0) is 11.2 Å². The number of nitrogens with one attached hydrogen (secondary N) is 1. The van der Waals surface area contributed by atoms with Gasteiger partial charge in [-0.15, -0.1) is 11.8 Å². The summed E-state index contributed by atoms with van der Waals surface area (Å²) in [6.07, 6.45) is 1.66. The summed E-state index contributed by atoms with van der Waals surface area (Å²) in [4.78, 5) is 10.5. The van der Waals surface area contributed by atoms with Gasteiger partial charge in [-0.1, -0.05) is 44.2 Å². The molecule has 2 nitrogen and oxygen atoms in total. The van der Waals surface area contributed by atoms with Gasteiger partial charge in [-0.2, -0.15) is 0 Å². The summed E-state index contributed by atoms with van der Waals surface area (Å²) in [5.41, 5.74) is 1.25. The average Bonchev–Trinajstić information content (AvgIpc) is 2.18. The third kappa shape index (κ3) is 4.88. The molecule has 0 saturated heterocycles. The number of rotatable bonds is 6. The number of hydrogen-bond acceptors (Lipinski definition) is 2. The molecule has 1 rings (SSSR count). The van der Waals surface area contributed by atoms with Crippen molar-refractivity contribution in [1.82, 2.24) is 5.32 Å². The van der Waals surface area contributed by atoms with Crippen molar-refractivity contribution in [3.8, 4) is 0 Å². The first-order valence-electron chi connectivity index (χ1n) is 5.11. The largest absolute Gasteiger partial charge is 0.347 e. The van der Waals surface area contributed by atoms with Crippen LogP contribution in [0.15, 0.2) is 30.3 Å². The molecule has 0 bridgehead atoms. The first-order valence-corrected chi connectivity index (χ1v) is 6.05. The van der Waals surface area contributed by atoms with Gasteiger partial charge in [0.25, 0.3) is 0 Å². The van der Waals surface area contributed by atoms with Crippen molar-refractivity contribution in [2.75, 3.05) is 0 Å². The molecule has 0 radical (unpaired) electrons. The summed E-state index contributed by atoms with van der Waals surface area (Å²) >= 11 is 1.78. The molecule has 0 saturated carbocycles. The van der Waals surface area contributed by atoms with Gasteiger partial charge in [-0.3, -0.25) is 4.79 Å². The lowest BCUT2D eigenvalue weighted by atomic mass is 10.1. The molecule has 1 atom stereocenters. The molecule has 1 aromatic rings. The molecule has 1 N–H and O–H groups in total. The molecule has 0 spiro atoms. The van der Waals surface area contributed by atoms with Gasteiger partial charge in [-0.25, -0.2) is 0 Å². The molecule has 15 heavy (non-hydrogen) atoms. The van der Waals surface area contributed by atoms with Crippen LogP contribution in [0, 0.1) is 0 Å². The van der Waals surface area contributed by atoms with Crippen molar-refractivity contribution < 1.29 is 4.79 Å². The van der Waals surface area contributed by atoms with Crippen molar-refractivity contribution in [3.63, 3.8) is 0 Å².